The van der Waals surface area contributed by atoms with Gasteiger partial charge in [0, 0.05) is 23.9 Å². The standard InChI is InChI=1S/C24H25N3O3S/c1-16(2)12-25-22(28)13-27-20-11-18(8-9-21(20)30-14-24(27)29)19-15-31-23(26-19)10-17-6-4-3-5-7-17/h3-9,11,15-16H,10,12-14H2,1-2H3,(H,25,28). The molecule has 0 spiro atoms. The normalized spacial score (nSPS) is 13.1. The third kappa shape index (κ3) is 5.11. The Morgan fingerprint density at radius 3 is 2.81 bits per heavy atom. The molecule has 0 fully saturated rings. The molecule has 2 aromatic carbocycles. The summed E-state index contributed by atoms with van der Waals surface area (Å²) in [5.74, 6) is 0.532. The van der Waals surface area contributed by atoms with E-state index in [4.69, 9.17) is 9.72 Å². The fraction of sp³-hybridized carbons (Fsp3) is 0.292. The molecule has 1 aliphatic heterocycles. The number of nitrogens with zero attached hydrogens (tertiary/aromatic N) is 2. The minimum absolute atomic E-state index is 0.0261. The quantitative estimate of drug-likeness (QED) is 0.611. The maximum absolute atomic E-state index is 12.5. The van der Waals surface area contributed by atoms with Gasteiger partial charge in [-0.25, -0.2) is 4.98 Å². The van der Waals surface area contributed by atoms with Gasteiger partial charge in [-0.2, -0.15) is 0 Å². The van der Waals surface area contributed by atoms with Gasteiger partial charge < -0.3 is 10.1 Å². The van der Waals surface area contributed by atoms with Crippen LogP contribution in [0.25, 0.3) is 11.3 Å². The lowest BCUT2D eigenvalue weighted by atomic mass is 10.1. The summed E-state index contributed by atoms with van der Waals surface area (Å²) in [6.45, 7) is 4.54. The van der Waals surface area contributed by atoms with E-state index in [1.807, 2.05) is 55.6 Å². The van der Waals surface area contributed by atoms with Gasteiger partial charge in [0.15, 0.2) is 6.61 Å². The van der Waals surface area contributed by atoms with Gasteiger partial charge >= 0.3 is 0 Å². The number of ether oxygens (including phenoxy) is 1. The Kier molecular flexibility index (Phi) is 6.32. The predicted molar refractivity (Wildman–Crippen MR) is 122 cm³/mol. The van der Waals surface area contributed by atoms with Crippen LogP contribution in [0.1, 0.15) is 24.4 Å². The fourth-order valence-corrected chi connectivity index (χ4v) is 4.18. The first kappa shape index (κ1) is 21.1. The molecule has 1 aliphatic rings. The molecule has 7 heteroatoms. The van der Waals surface area contributed by atoms with Crippen molar-refractivity contribution in [1.29, 1.82) is 0 Å². The van der Waals surface area contributed by atoms with Gasteiger partial charge in [-0.15, -0.1) is 11.3 Å². The van der Waals surface area contributed by atoms with E-state index >= 15 is 0 Å². The third-order valence-electron chi connectivity index (χ3n) is 4.96. The number of hydrogen-bond acceptors (Lipinski definition) is 5. The van der Waals surface area contributed by atoms with Crippen molar-refractivity contribution in [3.8, 4) is 17.0 Å². The van der Waals surface area contributed by atoms with Crippen molar-refractivity contribution < 1.29 is 14.3 Å². The minimum atomic E-state index is -0.229. The highest BCUT2D eigenvalue weighted by Crippen LogP contribution is 2.36. The van der Waals surface area contributed by atoms with Gasteiger partial charge in [0.25, 0.3) is 5.91 Å². The minimum Gasteiger partial charge on any atom is -0.482 e. The Balaban J connectivity index is 1.55. The first-order valence-corrected chi connectivity index (χ1v) is 11.2. The molecule has 0 aliphatic carbocycles. The Morgan fingerprint density at radius 1 is 1.23 bits per heavy atom. The molecule has 4 rings (SSSR count). The molecule has 0 unspecified atom stereocenters. The van der Waals surface area contributed by atoms with E-state index < -0.39 is 0 Å². The lowest BCUT2D eigenvalue weighted by Crippen LogP contribution is -2.45. The van der Waals surface area contributed by atoms with Gasteiger partial charge in [-0.1, -0.05) is 44.2 Å². The maximum atomic E-state index is 12.5. The monoisotopic (exact) mass is 435 g/mol. The number of amides is 2. The molecule has 6 nitrogen and oxygen atoms in total. The Bertz CT molecular complexity index is 1080. The number of anilines is 1. The number of nitrogens with one attached hydrogen (secondary N) is 1. The Labute approximate surface area is 185 Å². The number of thiazole rings is 1. The van der Waals surface area contributed by atoms with E-state index in [9.17, 15) is 9.59 Å². The van der Waals surface area contributed by atoms with Crippen molar-refractivity contribution >= 4 is 28.8 Å². The van der Waals surface area contributed by atoms with Gasteiger partial charge in [0.05, 0.1) is 16.4 Å². The number of benzene rings is 2. The van der Waals surface area contributed by atoms with Crippen molar-refractivity contribution in [3.05, 3.63) is 64.5 Å². The smallest absolute Gasteiger partial charge is 0.265 e. The second-order valence-corrected chi connectivity index (χ2v) is 8.88. The van der Waals surface area contributed by atoms with Crippen LogP contribution in [-0.2, 0) is 16.0 Å². The van der Waals surface area contributed by atoms with Gasteiger partial charge in [0.1, 0.15) is 12.3 Å². The summed E-state index contributed by atoms with van der Waals surface area (Å²) < 4.78 is 5.58. The largest absolute Gasteiger partial charge is 0.482 e. The summed E-state index contributed by atoms with van der Waals surface area (Å²) in [6.07, 6.45) is 0.778. The van der Waals surface area contributed by atoms with Crippen LogP contribution in [0, 0.1) is 5.92 Å². The van der Waals surface area contributed by atoms with Crippen LogP contribution in [0.5, 0.6) is 5.75 Å². The lowest BCUT2D eigenvalue weighted by Gasteiger charge is -2.29. The first-order valence-electron chi connectivity index (χ1n) is 10.3. The van der Waals surface area contributed by atoms with Crippen LogP contribution in [0.4, 0.5) is 5.69 Å². The first-order chi connectivity index (χ1) is 15.0. The highest BCUT2D eigenvalue weighted by Gasteiger charge is 2.28. The highest BCUT2D eigenvalue weighted by atomic mass is 32.1. The van der Waals surface area contributed by atoms with Crippen LogP contribution in [0.15, 0.2) is 53.9 Å². The number of rotatable bonds is 7. The fourth-order valence-electron chi connectivity index (χ4n) is 3.35. The zero-order chi connectivity index (χ0) is 21.8. The predicted octanol–water partition coefficient (Wildman–Crippen LogP) is 3.90. The van der Waals surface area contributed by atoms with Gasteiger partial charge in [-0.05, 0) is 29.7 Å². The van der Waals surface area contributed by atoms with E-state index in [1.54, 1.807) is 11.3 Å². The molecule has 0 atom stereocenters. The third-order valence-corrected chi connectivity index (χ3v) is 5.81. The molecule has 0 bridgehead atoms. The van der Waals surface area contributed by atoms with E-state index in [1.165, 1.54) is 10.5 Å². The van der Waals surface area contributed by atoms with Crippen LogP contribution >= 0.6 is 11.3 Å². The number of fused-ring (bicyclic) bond motifs is 1. The molecule has 1 aromatic heterocycles. The molecule has 2 heterocycles. The molecule has 0 radical (unpaired) electrons. The average molecular weight is 436 g/mol. The van der Waals surface area contributed by atoms with Crippen molar-refractivity contribution in [3.63, 3.8) is 0 Å². The van der Waals surface area contributed by atoms with Crippen molar-refractivity contribution in [2.24, 2.45) is 5.92 Å². The Hall–Kier alpha value is -3.19. The van der Waals surface area contributed by atoms with Crippen LogP contribution in [-0.4, -0.2) is 36.5 Å². The van der Waals surface area contributed by atoms with Gasteiger partial charge in [0.2, 0.25) is 5.91 Å². The number of hydrogen-bond donors (Lipinski definition) is 1. The van der Waals surface area contributed by atoms with E-state index in [0.717, 1.165) is 22.7 Å². The molecular formula is C24H25N3O3S. The SMILES string of the molecule is CC(C)CNC(=O)CN1C(=O)COc2ccc(-c3csc(Cc4ccccc4)n3)cc21. The van der Waals surface area contributed by atoms with Crippen molar-refractivity contribution in [2.75, 3.05) is 24.6 Å². The van der Waals surface area contributed by atoms with Crippen LogP contribution in [0.3, 0.4) is 0 Å². The maximum Gasteiger partial charge on any atom is 0.265 e. The average Bonchev–Trinajstić information content (AvgIpc) is 3.23. The summed E-state index contributed by atoms with van der Waals surface area (Å²) in [6, 6.07) is 15.9. The zero-order valence-corrected chi connectivity index (χ0v) is 18.4. The molecule has 31 heavy (non-hydrogen) atoms. The molecule has 0 saturated heterocycles. The summed E-state index contributed by atoms with van der Waals surface area (Å²) in [4.78, 5) is 31.1. The zero-order valence-electron chi connectivity index (χ0n) is 17.6. The summed E-state index contributed by atoms with van der Waals surface area (Å²) >= 11 is 1.61. The number of carbonyl (C=O) groups excluding carboxylic acids is 2. The summed E-state index contributed by atoms with van der Waals surface area (Å²) in [5.41, 5.74) is 3.55. The molecule has 1 N–H and O–H groups in total. The number of carbonyl (C=O) groups is 2. The van der Waals surface area contributed by atoms with E-state index in [0.29, 0.717) is 23.9 Å². The molecule has 3 aromatic rings. The van der Waals surface area contributed by atoms with E-state index in [2.05, 4.69) is 17.4 Å². The number of aromatic nitrogens is 1. The second-order valence-electron chi connectivity index (χ2n) is 7.94. The van der Waals surface area contributed by atoms with Gasteiger partial charge in [-0.3, -0.25) is 14.5 Å². The molecule has 2 amide bonds. The molecular weight excluding hydrogens is 410 g/mol. The highest BCUT2D eigenvalue weighted by molar-refractivity contribution is 7.10. The van der Waals surface area contributed by atoms with Crippen molar-refractivity contribution in [2.45, 2.75) is 20.3 Å². The molecule has 160 valence electrons. The topological polar surface area (TPSA) is 71.5 Å². The summed E-state index contributed by atoms with van der Waals surface area (Å²) in [7, 11) is 0. The molecule has 0 saturated carbocycles. The van der Waals surface area contributed by atoms with Crippen LogP contribution < -0.4 is 15.0 Å². The van der Waals surface area contributed by atoms with Crippen LogP contribution in [0.2, 0.25) is 0 Å². The summed E-state index contributed by atoms with van der Waals surface area (Å²) in [5, 5.41) is 5.91. The lowest BCUT2D eigenvalue weighted by molar-refractivity contribution is -0.125. The Morgan fingerprint density at radius 2 is 2.03 bits per heavy atom. The second kappa shape index (κ2) is 9.31. The van der Waals surface area contributed by atoms with E-state index in [-0.39, 0.29) is 25.0 Å². The van der Waals surface area contributed by atoms with Crippen molar-refractivity contribution in [1.82, 2.24) is 10.3 Å².